The van der Waals surface area contributed by atoms with Crippen molar-refractivity contribution < 1.29 is 90.2 Å². The van der Waals surface area contributed by atoms with E-state index < -0.39 is 27.9 Å². The maximum Gasteiger partial charge on any atom is 1.00 e. The zero-order valence-corrected chi connectivity index (χ0v) is 13.3. The van der Waals surface area contributed by atoms with E-state index >= 15 is 0 Å². The molecule has 0 rings (SSSR count). The number of rotatable bonds is 0. The van der Waals surface area contributed by atoms with Gasteiger partial charge >= 0.3 is 115 Å². The predicted molar refractivity (Wildman–Crippen MR) is 24.7 cm³/mol. The summed E-state index contributed by atoms with van der Waals surface area (Å²) < 4.78 is 55.0. The molecule has 0 aromatic heterocycles. The summed E-state index contributed by atoms with van der Waals surface area (Å²) in [5.41, 5.74) is 0. The van der Waals surface area contributed by atoms with Gasteiger partial charge in [-0.15, -0.1) is 0 Å². The molecule has 0 aliphatic rings. The zero-order chi connectivity index (χ0) is 8.08. The van der Waals surface area contributed by atoms with Crippen LogP contribution in [0.2, 0.25) is 0 Å². The van der Waals surface area contributed by atoms with E-state index in [0.29, 0.717) is 0 Å². The van der Waals surface area contributed by atoms with Crippen molar-refractivity contribution >= 4 is 27.9 Å². The van der Waals surface area contributed by atoms with Gasteiger partial charge in [0.15, 0.2) is 0 Å². The van der Waals surface area contributed by atoms with Crippen LogP contribution in [0.4, 0.5) is 0 Å². The molecule has 11 heavy (non-hydrogen) atoms. The summed E-state index contributed by atoms with van der Waals surface area (Å²) in [5.74, 6) is 0. The average Bonchev–Trinajstić information content (AvgIpc) is 1.19. The van der Waals surface area contributed by atoms with Crippen molar-refractivity contribution in [2.24, 2.45) is 0 Å². The van der Waals surface area contributed by atoms with Crippen molar-refractivity contribution in [3.05, 3.63) is 0 Å². The van der Waals surface area contributed by atoms with Gasteiger partial charge in [0.05, 0.1) is 0 Å². The molecule has 0 fully saturated rings. The summed E-state index contributed by atoms with van der Waals surface area (Å²) in [6.07, 6.45) is 0. The van der Waals surface area contributed by atoms with E-state index in [9.17, 15) is 0 Å². The van der Waals surface area contributed by atoms with Gasteiger partial charge in [-0.3, -0.25) is 0 Å². The van der Waals surface area contributed by atoms with Gasteiger partial charge in [0, 0.05) is 0 Å². The Morgan fingerprint density at radius 1 is 1.09 bits per heavy atom. The number of hydrogen-bond acceptors (Lipinski definition) is 3. The van der Waals surface area contributed by atoms with Gasteiger partial charge in [-0.25, -0.2) is 0 Å². The molecule has 0 amide bonds. The van der Waals surface area contributed by atoms with Crippen molar-refractivity contribution in [1.82, 2.24) is 0 Å². The van der Waals surface area contributed by atoms with Crippen LogP contribution in [0.25, 0.3) is 0 Å². The normalized spacial score (nSPS) is 8.45. The minimum absolute atomic E-state index is 0. The second-order valence-electron chi connectivity index (χ2n) is 0.679. The minimum atomic E-state index is -5.25. The van der Waals surface area contributed by atoms with Gasteiger partial charge in [-0.1, -0.05) is 0 Å². The van der Waals surface area contributed by atoms with Crippen LogP contribution in [0.5, 0.6) is 0 Å². The second-order valence-corrected chi connectivity index (χ2v) is 3.53. The summed E-state index contributed by atoms with van der Waals surface area (Å²) in [4.78, 5) is 0. The van der Waals surface area contributed by atoms with Crippen molar-refractivity contribution in [2.45, 2.75) is 0 Å². The SMILES string of the molecule is O=[Se](=O)(O)O.O=[Se](O)O.[H-].[H-].[Na+].[Na+]. The first-order valence-corrected chi connectivity index (χ1v) is 6.39. The van der Waals surface area contributed by atoms with E-state index in [2.05, 4.69) is 0 Å². The van der Waals surface area contributed by atoms with Gasteiger partial charge in [-0.2, -0.15) is 0 Å². The van der Waals surface area contributed by atoms with E-state index in [1.54, 1.807) is 0 Å². The third-order valence-electron chi connectivity index (χ3n) is 0. The molecule has 0 unspecified atom stereocenters. The second kappa shape index (κ2) is 12.3. The van der Waals surface area contributed by atoms with Crippen LogP contribution in [-0.4, -0.2) is 44.6 Å². The Balaban J connectivity index is -0.0000000146. The third kappa shape index (κ3) is 250. The maximum atomic E-state index is 8.82. The van der Waals surface area contributed by atoms with Gasteiger partial charge in [-0.05, 0) is 0 Å². The molecule has 4 N–H and O–H groups in total. The predicted octanol–water partition coefficient (Wildman–Crippen LogP) is -9.11. The Morgan fingerprint density at radius 3 is 1.09 bits per heavy atom. The molecular weight excluding hydrogens is 316 g/mol. The molecule has 7 nitrogen and oxygen atoms in total. The van der Waals surface area contributed by atoms with Crippen LogP contribution in [0, 0.1) is 0 Å². The maximum absolute atomic E-state index is 8.82. The van der Waals surface area contributed by atoms with Crippen LogP contribution in [0.3, 0.4) is 0 Å². The molecule has 0 aliphatic carbocycles. The largest absolute Gasteiger partial charge is 1.00 e. The van der Waals surface area contributed by atoms with Gasteiger partial charge in [0.1, 0.15) is 0 Å². The molecule has 0 spiro atoms. The fourth-order valence-corrected chi connectivity index (χ4v) is 0. The third-order valence-corrected chi connectivity index (χ3v) is 0. The molecule has 0 saturated heterocycles. The van der Waals surface area contributed by atoms with Crippen LogP contribution in [-0.2, 0) is 11.5 Å². The zero-order valence-electron chi connectivity index (χ0n) is 7.83. The fourth-order valence-electron chi connectivity index (χ4n) is 0. The molecule has 0 aromatic rings. The Hall–Kier alpha value is 2.28. The van der Waals surface area contributed by atoms with E-state index in [1.807, 2.05) is 0 Å². The molecule has 0 bridgehead atoms. The van der Waals surface area contributed by atoms with Crippen LogP contribution in [0.1, 0.15) is 2.85 Å². The first kappa shape index (κ1) is 23.3. The Kier molecular flexibility index (Phi) is 26.0. The Labute approximate surface area is 116 Å². The van der Waals surface area contributed by atoms with E-state index in [-0.39, 0.29) is 62.0 Å². The molecule has 0 saturated carbocycles. The summed E-state index contributed by atoms with van der Waals surface area (Å²) in [6, 6.07) is 0. The monoisotopic (exact) mass is 324 g/mol. The minimum Gasteiger partial charge on any atom is -1.00 e. The molecular formula is H6Na2O7Se2. The van der Waals surface area contributed by atoms with Crippen molar-refractivity contribution in [3.8, 4) is 0 Å². The smallest absolute Gasteiger partial charge is 1.00 e. The standard InChI is InChI=1S/2Na.H2O4Se.H2O3Se.2H/c;;1-5(2,3)4;1-4(2)3;;/h;;(H2,1,2,3,4);(H2,1,2,3);;/q2*+1;;;2*-1. The molecule has 0 atom stereocenters. The van der Waals surface area contributed by atoms with Crippen molar-refractivity contribution in [3.63, 3.8) is 0 Å². The van der Waals surface area contributed by atoms with E-state index in [4.69, 9.17) is 28.3 Å². The molecule has 0 heterocycles. The van der Waals surface area contributed by atoms with Crippen molar-refractivity contribution in [1.29, 1.82) is 0 Å². The summed E-state index contributed by atoms with van der Waals surface area (Å²) in [5, 5.41) is 0. The molecule has 0 aliphatic heterocycles. The van der Waals surface area contributed by atoms with Gasteiger partial charge in [0.2, 0.25) is 0 Å². The Morgan fingerprint density at radius 2 is 1.09 bits per heavy atom. The van der Waals surface area contributed by atoms with Crippen molar-refractivity contribution in [2.75, 3.05) is 0 Å². The fraction of sp³-hybridized carbons (Fsp3) is 0. The Bertz CT molecular complexity index is 165. The molecule has 0 aromatic carbocycles. The van der Waals surface area contributed by atoms with Gasteiger partial charge in [0.25, 0.3) is 0 Å². The molecule has 0 radical (unpaired) electrons. The van der Waals surface area contributed by atoms with E-state index in [0.717, 1.165) is 0 Å². The molecule has 11 heteroatoms. The summed E-state index contributed by atoms with van der Waals surface area (Å²) in [6.45, 7) is 0. The van der Waals surface area contributed by atoms with E-state index in [1.165, 1.54) is 0 Å². The average molecular weight is 322 g/mol. The topological polar surface area (TPSA) is 132 Å². The van der Waals surface area contributed by atoms with Crippen LogP contribution < -0.4 is 59.1 Å². The number of hydrogen-bond donors (Lipinski definition) is 4. The summed E-state index contributed by atoms with van der Waals surface area (Å²) >= 11 is -8.54. The first-order chi connectivity index (χ1) is 3.73. The summed E-state index contributed by atoms with van der Waals surface area (Å²) in [7, 11) is 0. The van der Waals surface area contributed by atoms with Gasteiger partial charge < -0.3 is 2.85 Å². The first-order valence-electron chi connectivity index (χ1n) is 1.23. The van der Waals surface area contributed by atoms with Crippen LogP contribution >= 0.6 is 0 Å². The quantitative estimate of drug-likeness (QED) is 0.326. The van der Waals surface area contributed by atoms with Crippen LogP contribution in [0.15, 0.2) is 0 Å². The molecule has 62 valence electrons.